The van der Waals surface area contributed by atoms with Crippen LogP contribution in [0.3, 0.4) is 0 Å². The zero-order chi connectivity index (χ0) is 12.6. The topological polar surface area (TPSA) is 64.2 Å². The van der Waals surface area contributed by atoms with Crippen molar-refractivity contribution < 1.29 is 9.31 Å². The summed E-state index contributed by atoms with van der Waals surface area (Å²) in [6, 6.07) is -0.521. The van der Waals surface area contributed by atoms with Crippen LogP contribution in [0.2, 0.25) is 5.15 Å². The van der Waals surface area contributed by atoms with Crippen LogP contribution in [0.15, 0.2) is 6.20 Å². The second-order valence-electron chi connectivity index (χ2n) is 4.16. The van der Waals surface area contributed by atoms with E-state index >= 15 is 0 Å². The van der Waals surface area contributed by atoms with Crippen molar-refractivity contribution in [2.45, 2.75) is 18.6 Å². The van der Waals surface area contributed by atoms with Crippen LogP contribution in [-0.4, -0.2) is 45.9 Å². The van der Waals surface area contributed by atoms with Gasteiger partial charge in [-0.2, -0.15) is 5.10 Å². The van der Waals surface area contributed by atoms with Crippen LogP contribution in [0.1, 0.15) is 12.5 Å². The molecular weight excluding hydrogens is 251 g/mol. The summed E-state index contributed by atoms with van der Waals surface area (Å²) in [5.41, 5.74) is -0.280. The normalized spacial score (nSPS) is 26.1. The third-order valence-electron chi connectivity index (χ3n) is 2.94. The Morgan fingerprint density at radius 3 is 2.94 bits per heavy atom. The molecule has 8 heteroatoms. The van der Waals surface area contributed by atoms with Gasteiger partial charge >= 0.3 is 5.69 Å². The summed E-state index contributed by atoms with van der Waals surface area (Å²) >= 11 is 5.83. The first-order valence-corrected chi connectivity index (χ1v) is 5.58. The third kappa shape index (κ3) is 2.25. The summed E-state index contributed by atoms with van der Waals surface area (Å²) in [5, 5.41) is 14.3. The molecule has 1 aliphatic heterocycles. The predicted octanol–water partition coefficient (Wildman–Crippen LogP) is 1.66. The minimum atomic E-state index is -1.12. The Morgan fingerprint density at radius 2 is 2.41 bits per heavy atom. The molecule has 1 saturated heterocycles. The van der Waals surface area contributed by atoms with Crippen molar-refractivity contribution in [2.75, 3.05) is 20.1 Å². The highest BCUT2D eigenvalue weighted by Gasteiger charge is 2.33. The number of piperidine rings is 1. The molecule has 0 bridgehead atoms. The monoisotopic (exact) mass is 262 g/mol. The lowest BCUT2D eigenvalue weighted by molar-refractivity contribution is -0.384. The lowest BCUT2D eigenvalue weighted by Crippen LogP contribution is -2.40. The second-order valence-corrected chi connectivity index (χ2v) is 4.51. The minimum Gasteiger partial charge on any atom is -0.303 e. The Balaban J connectivity index is 2.25. The molecule has 0 aromatic carbocycles. The highest BCUT2D eigenvalue weighted by Crippen LogP contribution is 2.31. The molecule has 0 radical (unpaired) electrons. The number of nitrogens with zero attached hydrogens (tertiary/aromatic N) is 4. The number of rotatable bonds is 2. The Labute approximate surface area is 102 Å². The maximum atomic E-state index is 13.8. The number of aromatic nitrogens is 2. The van der Waals surface area contributed by atoms with Gasteiger partial charge in [0.1, 0.15) is 12.4 Å². The van der Waals surface area contributed by atoms with Gasteiger partial charge in [0, 0.05) is 13.1 Å². The SMILES string of the molecule is CN1CC[C@@H](n2ncc([N+](=O)[O-])c2Cl)[C@H](F)C1. The van der Waals surface area contributed by atoms with Gasteiger partial charge in [0.15, 0.2) is 0 Å². The van der Waals surface area contributed by atoms with E-state index in [9.17, 15) is 14.5 Å². The van der Waals surface area contributed by atoms with Crippen molar-refractivity contribution in [3.05, 3.63) is 21.5 Å². The van der Waals surface area contributed by atoms with Gasteiger partial charge in [-0.15, -0.1) is 0 Å². The van der Waals surface area contributed by atoms with E-state index in [0.29, 0.717) is 6.42 Å². The van der Waals surface area contributed by atoms with E-state index < -0.39 is 17.1 Å². The highest BCUT2D eigenvalue weighted by molar-refractivity contribution is 6.31. The Kier molecular flexibility index (Phi) is 3.30. The molecule has 1 aliphatic rings. The number of likely N-dealkylation sites (tertiary alicyclic amines) is 1. The largest absolute Gasteiger partial charge is 0.325 e. The predicted molar refractivity (Wildman–Crippen MR) is 59.9 cm³/mol. The lowest BCUT2D eigenvalue weighted by atomic mass is 10.0. The molecule has 2 heterocycles. The Morgan fingerprint density at radius 1 is 1.71 bits per heavy atom. The van der Waals surface area contributed by atoms with E-state index in [-0.39, 0.29) is 17.4 Å². The summed E-state index contributed by atoms with van der Waals surface area (Å²) in [6.45, 7) is 1.00. The Bertz CT molecular complexity index is 439. The number of alkyl halides is 1. The van der Waals surface area contributed by atoms with E-state index in [1.165, 1.54) is 4.68 Å². The number of hydrogen-bond donors (Lipinski definition) is 0. The van der Waals surface area contributed by atoms with Gasteiger partial charge in [-0.05, 0) is 13.5 Å². The molecule has 2 rings (SSSR count). The average molecular weight is 263 g/mol. The van der Waals surface area contributed by atoms with Gasteiger partial charge < -0.3 is 4.90 Å². The molecule has 2 atom stereocenters. The van der Waals surface area contributed by atoms with Gasteiger partial charge in [-0.1, -0.05) is 11.6 Å². The van der Waals surface area contributed by atoms with Gasteiger partial charge in [-0.3, -0.25) is 10.1 Å². The van der Waals surface area contributed by atoms with E-state index in [0.717, 1.165) is 12.7 Å². The molecule has 0 N–H and O–H groups in total. The van der Waals surface area contributed by atoms with Gasteiger partial charge in [-0.25, -0.2) is 9.07 Å². The van der Waals surface area contributed by atoms with E-state index in [1.807, 2.05) is 11.9 Å². The molecule has 0 aliphatic carbocycles. The maximum absolute atomic E-state index is 13.8. The molecule has 0 amide bonds. The molecular formula is C9H12ClFN4O2. The van der Waals surface area contributed by atoms with Gasteiger partial charge in [0.2, 0.25) is 5.15 Å². The first kappa shape index (κ1) is 12.3. The first-order valence-electron chi connectivity index (χ1n) is 5.20. The molecule has 0 spiro atoms. The molecule has 6 nitrogen and oxygen atoms in total. The summed E-state index contributed by atoms with van der Waals surface area (Å²) in [5.74, 6) is 0. The van der Waals surface area contributed by atoms with Gasteiger partial charge in [0.25, 0.3) is 0 Å². The number of hydrogen-bond acceptors (Lipinski definition) is 4. The standard InChI is InChI=1S/C9H12ClFN4O2/c1-13-3-2-7(6(11)5-13)14-9(10)8(4-12-14)15(16)17/h4,6-7H,2-3,5H2,1H3/t6-,7-/m1/s1. The highest BCUT2D eigenvalue weighted by atomic mass is 35.5. The molecule has 17 heavy (non-hydrogen) atoms. The fourth-order valence-electron chi connectivity index (χ4n) is 2.01. The fourth-order valence-corrected chi connectivity index (χ4v) is 2.30. The molecule has 94 valence electrons. The number of halogens is 2. The van der Waals surface area contributed by atoms with Crippen molar-refractivity contribution in [1.82, 2.24) is 14.7 Å². The van der Waals surface area contributed by atoms with Crippen LogP contribution in [0.4, 0.5) is 10.1 Å². The van der Waals surface area contributed by atoms with Crippen LogP contribution < -0.4 is 0 Å². The molecule has 1 aromatic heterocycles. The number of nitro groups is 1. The maximum Gasteiger partial charge on any atom is 0.325 e. The quantitative estimate of drug-likeness (QED) is 0.601. The minimum absolute atomic E-state index is 0.104. The van der Waals surface area contributed by atoms with Crippen LogP contribution in [0.5, 0.6) is 0 Å². The van der Waals surface area contributed by atoms with Crippen LogP contribution >= 0.6 is 11.6 Å². The summed E-state index contributed by atoms with van der Waals surface area (Å²) in [7, 11) is 1.83. The third-order valence-corrected chi connectivity index (χ3v) is 3.30. The van der Waals surface area contributed by atoms with Crippen molar-refractivity contribution in [1.29, 1.82) is 0 Å². The van der Waals surface area contributed by atoms with Crippen molar-refractivity contribution in [2.24, 2.45) is 0 Å². The van der Waals surface area contributed by atoms with Crippen LogP contribution in [0, 0.1) is 10.1 Å². The lowest BCUT2D eigenvalue weighted by Gasteiger charge is -2.32. The summed E-state index contributed by atoms with van der Waals surface area (Å²) < 4.78 is 15.1. The Hall–Kier alpha value is -1.21. The van der Waals surface area contributed by atoms with Crippen molar-refractivity contribution in [3.8, 4) is 0 Å². The van der Waals surface area contributed by atoms with E-state index in [2.05, 4.69) is 5.10 Å². The zero-order valence-corrected chi connectivity index (χ0v) is 9.97. The van der Waals surface area contributed by atoms with Gasteiger partial charge in [0.05, 0.1) is 11.0 Å². The smallest absolute Gasteiger partial charge is 0.303 e. The summed E-state index contributed by atoms with van der Waals surface area (Å²) in [6.07, 6.45) is 0.481. The fraction of sp³-hybridized carbons (Fsp3) is 0.667. The summed E-state index contributed by atoms with van der Waals surface area (Å²) in [4.78, 5) is 11.9. The average Bonchev–Trinajstić information content (AvgIpc) is 2.60. The first-order chi connectivity index (χ1) is 8.00. The molecule has 1 aromatic rings. The van der Waals surface area contributed by atoms with E-state index in [4.69, 9.17) is 11.6 Å². The zero-order valence-electron chi connectivity index (χ0n) is 9.21. The van der Waals surface area contributed by atoms with Crippen molar-refractivity contribution >= 4 is 17.3 Å². The molecule has 1 fully saturated rings. The molecule has 0 unspecified atom stereocenters. The second kappa shape index (κ2) is 4.58. The van der Waals surface area contributed by atoms with Crippen LogP contribution in [0.25, 0.3) is 0 Å². The van der Waals surface area contributed by atoms with Crippen molar-refractivity contribution in [3.63, 3.8) is 0 Å². The van der Waals surface area contributed by atoms with E-state index in [1.54, 1.807) is 0 Å². The van der Waals surface area contributed by atoms with Crippen LogP contribution in [-0.2, 0) is 0 Å². The molecule has 0 saturated carbocycles.